The number of hydrogen-bond donors (Lipinski definition) is 7. The summed E-state index contributed by atoms with van der Waals surface area (Å²) in [5.41, 5.74) is 10.6. The van der Waals surface area contributed by atoms with Crippen molar-refractivity contribution in [1.29, 1.82) is 0 Å². The van der Waals surface area contributed by atoms with Gasteiger partial charge in [0.1, 0.15) is 0 Å². The molecule has 18 heavy (non-hydrogen) atoms. The molecule has 0 fully saturated rings. The van der Waals surface area contributed by atoms with Gasteiger partial charge in [-0.15, -0.1) is 0 Å². The Kier molecular flexibility index (Phi) is 16.4. The summed E-state index contributed by atoms with van der Waals surface area (Å²) in [6.07, 6.45) is 0. The minimum absolute atomic E-state index is 0.706. The molecule has 0 atom stereocenters. The van der Waals surface area contributed by atoms with E-state index in [4.69, 9.17) is 24.4 Å². The highest BCUT2D eigenvalue weighted by molar-refractivity contribution is 7.83. The molecule has 0 rings (SSSR count). The third-order valence-corrected chi connectivity index (χ3v) is 1.60. The molecule has 0 aliphatic carbocycles. The second kappa shape index (κ2) is 14.7. The van der Waals surface area contributed by atoms with Crippen molar-refractivity contribution in [3.63, 3.8) is 0 Å². The Labute approximate surface area is 109 Å². The van der Waals surface area contributed by atoms with Crippen LogP contribution in [0.25, 0.3) is 0 Å². The SMILES string of the molecule is NCCNCCNCCNCCN.NS(=O)(=O)O. The Balaban J connectivity index is 0. The summed E-state index contributed by atoms with van der Waals surface area (Å²) in [7, 11) is -4.17. The third kappa shape index (κ3) is 36.1. The van der Waals surface area contributed by atoms with Gasteiger partial charge in [-0.25, -0.2) is 5.14 Å². The zero-order valence-corrected chi connectivity index (χ0v) is 11.4. The van der Waals surface area contributed by atoms with E-state index in [1.165, 1.54) is 0 Å². The fourth-order valence-electron chi connectivity index (χ4n) is 0.933. The van der Waals surface area contributed by atoms with Gasteiger partial charge in [-0.1, -0.05) is 0 Å². The Morgan fingerprint density at radius 3 is 1.22 bits per heavy atom. The normalized spacial score (nSPS) is 10.9. The number of nitrogens with two attached hydrogens (primary N) is 3. The lowest BCUT2D eigenvalue weighted by Crippen LogP contribution is -2.35. The van der Waals surface area contributed by atoms with E-state index in [9.17, 15) is 0 Å². The smallest absolute Gasteiger partial charge is 0.329 e. The van der Waals surface area contributed by atoms with Gasteiger partial charge in [-0.05, 0) is 0 Å². The van der Waals surface area contributed by atoms with E-state index in [0.717, 1.165) is 39.3 Å². The van der Waals surface area contributed by atoms with E-state index >= 15 is 0 Å². The minimum atomic E-state index is -4.17. The molecule has 0 bridgehead atoms. The average molecular weight is 286 g/mol. The van der Waals surface area contributed by atoms with E-state index < -0.39 is 10.3 Å². The van der Waals surface area contributed by atoms with Crippen LogP contribution in [-0.2, 0) is 10.3 Å². The molecular weight excluding hydrogens is 260 g/mol. The van der Waals surface area contributed by atoms with Crippen molar-refractivity contribution in [2.24, 2.45) is 16.6 Å². The van der Waals surface area contributed by atoms with Gasteiger partial charge < -0.3 is 27.4 Å². The van der Waals surface area contributed by atoms with Gasteiger partial charge in [-0.2, -0.15) is 8.42 Å². The number of rotatable bonds is 10. The molecule has 0 aliphatic heterocycles. The molecular formula is C8H26N6O3S. The van der Waals surface area contributed by atoms with Crippen LogP contribution in [0.1, 0.15) is 0 Å². The monoisotopic (exact) mass is 286 g/mol. The maximum Gasteiger partial charge on any atom is 0.330 e. The zero-order chi connectivity index (χ0) is 14.3. The lowest BCUT2D eigenvalue weighted by Gasteiger charge is -2.06. The van der Waals surface area contributed by atoms with Gasteiger partial charge >= 0.3 is 10.3 Å². The van der Waals surface area contributed by atoms with Crippen LogP contribution in [0.3, 0.4) is 0 Å². The molecule has 0 saturated heterocycles. The largest absolute Gasteiger partial charge is 0.330 e. The first-order valence-corrected chi connectivity index (χ1v) is 7.19. The molecule has 9 nitrogen and oxygen atoms in total. The van der Waals surface area contributed by atoms with Crippen LogP contribution >= 0.6 is 0 Å². The predicted molar refractivity (Wildman–Crippen MR) is 72.5 cm³/mol. The summed E-state index contributed by atoms with van der Waals surface area (Å²) in [4.78, 5) is 0. The van der Waals surface area contributed by atoms with E-state index in [1.807, 2.05) is 0 Å². The number of nitrogens with one attached hydrogen (secondary N) is 3. The van der Waals surface area contributed by atoms with Gasteiger partial charge in [0.15, 0.2) is 0 Å². The molecule has 0 saturated carbocycles. The van der Waals surface area contributed by atoms with Crippen molar-refractivity contribution in [3.8, 4) is 0 Å². The van der Waals surface area contributed by atoms with Crippen LogP contribution in [0.4, 0.5) is 0 Å². The summed E-state index contributed by atoms with van der Waals surface area (Å²) in [6, 6.07) is 0. The summed E-state index contributed by atoms with van der Waals surface area (Å²) >= 11 is 0. The molecule has 112 valence electrons. The maximum atomic E-state index is 8.97. The molecule has 0 aromatic carbocycles. The molecule has 0 aliphatic rings. The van der Waals surface area contributed by atoms with E-state index in [1.54, 1.807) is 0 Å². The Morgan fingerprint density at radius 1 is 0.778 bits per heavy atom. The van der Waals surface area contributed by atoms with Crippen LogP contribution in [0.15, 0.2) is 0 Å². The fourth-order valence-corrected chi connectivity index (χ4v) is 0.933. The Bertz CT molecular complexity index is 231. The first-order valence-electron chi connectivity index (χ1n) is 5.69. The van der Waals surface area contributed by atoms with Crippen LogP contribution in [0.2, 0.25) is 0 Å². The highest BCUT2D eigenvalue weighted by Crippen LogP contribution is 1.60. The van der Waals surface area contributed by atoms with Crippen LogP contribution in [-0.4, -0.2) is 65.3 Å². The molecule has 0 aromatic heterocycles. The summed E-state index contributed by atoms with van der Waals surface area (Å²) < 4.78 is 25.2. The van der Waals surface area contributed by atoms with Crippen molar-refractivity contribution < 1.29 is 13.0 Å². The van der Waals surface area contributed by atoms with Gasteiger partial charge in [0, 0.05) is 52.4 Å². The molecule has 0 aromatic rings. The molecule has 0 radical (unpaired) electrons. The van der Waals surface area contributed by atoms with Crippen LogP contribution in [0, 0.1) is 0 Å². The topological polar surface area (TPSA) is 169 Å². The quantitative estimate of drug-likeness (QED) is 0.160. The van der Waals surface area contributed by atoms with Crippen molar-refractivity contribution >= 4 is 10.3 Å². The summed E-state index contributed by atoms with van der Waals surface area (Å²) in [5, 5.41) is 13.6. The second-order valence-electron chi connectivity index (χ2n) is 3.34. The fraction of sp³-hybridized carbons (Fsp3) is 1.00. The lowest BCUT2D eigenvalue weighted by molar-refractivity contribution is 0.485. The van der Waals surface area contributed by atoms with E-state index in [-0.39, 0.29) is 0 Å². The highest BCUT2D eigenvalue weighted by Gasteiger charge is 1.87. The first kappa shape index (κ1) is 20.0. The van der Waals surface area contributed by atoms with Crippen molar-refractivity contribution in [1.82, 2.24) is 16.0 Å². The second-order valence-corrected chi connectivity index (χ2v) is 4.37. The van der Waals surface area contributed by atoms with Gasteiger partial charge in [0.05, 0.1) is 0 Å². The number of hydrogen-bond acceptors (Lipinski definition) is 7. The molecule has 0 unspecified atom stereocenters. The lowest BCUT2D eigenvalue weighted by atomic mass is 10.5. The maximum absolute atomic E-state index is 8.97. The summed E-state index contributed by atoms with van der Waals surface area (Å²) in [5.74, 6) is 0. The van der Waals surface area contributed by atoms with Crippen LogP contribution < -0.4 is 32.6 Å². The van der Waals surface area contributed by atoms with E-state index in [2.05, 4.69) is 21.1 Å². The Hall–Kier alpha value is -0.330. The average Bonchev–Trinajstić information content (AvgIpc) is 2.25. The predicted octanol–water partition coefficient (Wildman–Crippen LogP) is -3.58. The molecule has 0 amide bonds. The highest BCUT2D eigenvalue weighted by atomic mass is 32.2. The summed E-state index contributed by atoms with van der Waals surface area (Å²) in [6.45, 7) is 7.15. The third-order valence-electron chi connectivity index (χ3n) is 1.60. The van der Waals surface area contributed by atoms with Crippen molar-refractivity contribution in [2.45, 2.75) is 0 Å². The van der Waals surface area contributed by atoms with Crippen molar-refractivity contribution in [3.05, 3.63) is 0 Å². The van der Waals surface area contributed by atoms with Gasteiger partial charge in [0.2, 0.25) is 0 Å². The zero-order valence-electron chi connectivity index (χ0n) is 10.6. The van der Waals surface area contributed by atoms with Crippen molar-refractivity contribution in [2.75, 3.05) is 52.4 Å². The van der Waals surface area contributed by atoms with Crippen LogP contribution in [0.5, 0.6) is 0 Å². The molecule has 0 heterocycles. The first-order chi connectivity index (χ1) is 8.41. The van der Waals surface area contributed by atoms with E-state index in [0.29, 0.717) is 13.1 Å². The molecule has 10 heteroatoms. The standard InChI is InChI=1S/C8H23N5.H3NO3S/c9-1-3-11-5-7-13-8-6-12-4-2-10;1-5(2,3)4/h11-13H,1-10H2;(H3,1,2,3,4). The van der Waals surface area contributed by atoms with Gasteiger partial charge in [-0.3, -0.25) is 4.55 Å². The molecule has 10 N–H and O–H groups in total. The minimum Gasteiger partial charge on any atom is -0.329 e. The Morgan fingerprint density at radius 2 is 1.00 bits per heavy atom. The molecule has 0 spiro atoms. The van der Waals surface area contributed by atoms with Gasteiger partial charge in [0.25, 0.3) is 0 Å².